The Bertz CT molecular complexity index is 601. The molecule has 2 aromatic carbocycles. The van der Waals surface area contributed by atoms with Crippen molar-refractivity contribution in [2.45, 2.75) is 25.8 Å². The van der Waals surface area contributed by atoms with Crippen LogP contribution < -0.4 is 5.32 Å². The molecule has 1 atom stereocenters. The zero-order valence-electron chi connectivity index (χ0n) is 11.9. The van der Waals surface area contributed by atoms with Crippen LogP contribution in [0, 0.1) is 11.6 Å². The van der Waals surface area contributed by atoms with E-state index in [2.05, 4.69) is 21.2 Å². The Morgan fingerprint density at radius 2 is 1.86 bits per heavy atom. The fourth-order valence-corrected chi connectivity index (χ4v) is 2.85. The minimum absolute atomic E-state index is 0.134. The summed E-state index contributed by atoms with van der Waals surface area (Å²) in [5.41, 5.74) is 1.85. The van der Waals surface area contributed by atoms with Crippen molar-refractivity contribution in [1.29, 1.82) is 0 Å². The minimum Gasteiger partial charge on any atom is -0.314 e. The van der Waals surface area contributed by atoms with E-state index in [0.717, 1.165) is 17.7 Å². The van der Waals surface area contributed by atoms with Crippen LogP contribution in [0.2, 0.25) is 0 Å². The largest absolute Gasteiger partial charge is 0.314 e. The van der Waals surface area contributed by atoms with E-state index in [1.807, 2.05) is 19.1 Å². The molecule has 2 aromatic rings. The summed E-state index contributed by atoms with van der Waals surface area (Å²) in [5, 5.41) is 3.38. The van der Waals surface area contributed by atoms with E-state index in [1.165, 1.54) is 12.1 Å². The molecule has 0 aliphatic rings. The Hall–Kier alpha value is -1.26. The molecule has 4 heteroatoms. The SMILES string of the molecule is CCNC(Cc1cccc(F)c1)Cc1cccc(F)c1Br. The van der Waals surface area contributed by atoms with Gasteiger partial charge in [-0.05, 0) is 64.6 Å². The Kier molecular flexibility index (Phi) is 5.88. The standard InChI is InChI=1S/C17H18BrF2N/c1-2-21-15(10-12-5-3-7-14(19)9-12)11-13-6-4-8-16(20)17(13)18/h3-9,15,21H,2,10-11H2,1H3. The third-order valence-electron chi connectivity index (χ3n) is 3.36. The maximum atomic E-state index is 13.6. The van der Waals surface area contributed by atoms with Crippen LogP contribution in [0.3, 0.4) is 0 Å². The quantitative estimate of drug-likeness (QED) is 0.806. The molecule has 2 rings (SSSR count). The van der Waals surface area contributed by atoms with Crippen LogP contribution in [0.1, 0.15) is 18.1 Å². The molecule has 0 radical (unpaired) electrons. The number of nitrogens with one attached hydrogen (secondary N) is 1. The lowest BCUT2D eigenvalue weighted by Gasteiger charge is -2.19. The molecule has 0 saturated carbocycles. The molecule has 112 valence electrons. The summed E-state index contributed by atoms with van der Waals surface area (Å²) in [6.07, 6.45) is 1.39. The van der Waals surface area contributed by atoms with Crippen molar-refractivity contribution in [3.63, 3.8) is 0 Å². The lowest BCUT2D eigenvalue weighted by molar-refractivity contribution is 0.516. The first kappa shape index (κ1) is 16.1. The predicted octanol–water partition coefficient (Wildman–Crippen LogP) is 4.49. The number of halogens is 3. The Labute approximate surface area is 132 Å². The second-order valence-electron chi connectivity index (χ2n) is 5.01. The van der Waals surface area contributed by atoms with Crippen LogP contribution in [0.25, 0.3) is 0 Å². The molecule has 0 saturated heterocycles. The van der Waals surface area contributed by atoms with Gasteiger partial charge >= 0.3 is 0 Å². The third-order valence-corrected chi connectivity index (χ3v) is 4.25. The number of hydrogen-bond donors (Lipinski definition) is 1. The smallest absolute Gasteiger partial charge is 0.137 e. The summed E-state index contributed by atoms with van der Waals surface area (Å²) in [4.78, 5) is 0. The van der Waals surface area contributed by atoms with Gasteiger partial charge in [-0.3, -0.25) is 0 Å². The van der Waals surface area contributed by atoms with Crippen LogP contribution in [0.15, 0.2) is 46.9 Å². The molecule has 0 aromatic heterocycles. The average Bonchev–Trinajstić information content (AvgIpc) is 2.44. The lowest BCUT2D eigenvalue weighted by atomic mass is 9.99. The molecule has 1 unspecified atom stereocenters. The van der Waals surface area contributed by atoms with Crippen molar-refractivity contribution in [1.82, 2.24) is 5.32 Å². The number of likely N-dealkylation sites (N-methyl/N-ethyl adjacent to an activating group) is 1. The maximum absolute atomic E-state index is 13.6. The van der Waals surface area contributed by atoms with E-state index < -0.39 is 0 Å². The van der Waals surface area contributed by atoms with Crippen LogP contribution in [-0.4, -0.2) is 12.6 Å². The Balaban J connectivity index is 2.13. The number of hydrogen-bond acceptors (Lipinski definition) is 1. The van der Waals surface area contributed by atoms with Crippen LogP contribution in [0.5, 0.6) is 0 Å². The first-order chi connectivity index (χ1) is 10.1. The molecule has 0 fully saturated rings. The molecule has 0 aliphatic heterocycles. The highest BCUT2D eigenvalue weighted by Gasteiger charge is 2.13. The number of rotatable bonds is 6. The summed E-state index contributed by atoms with van der Waals surface area (Å²) in [5.74, 6) is -0.483. The first-order valence-corrected chi connectivity index (χ1v) is 7.80. The summed E-state index contributed by atoms with van der Waals surface area (Å²) in [6.45, 7) is 2.84. The van der Waals surface area contributed by atoms with Gasteiger partial charge in [-0.2, -0.15) is 0 Å². The van der Waals surface area contributed by atoms with Gasteiger partial charge in [0.15, 0.2) is 0 Å². The summed E-state index contributed by atoms with van der Waals surface area (Å²) < 4.78 is 27.4. The lowest BCUT2D eigenvalue weighted by Crippen LogP contribution is -2.33. The second-order valence-corrected chi connectivity index (χ2v) is 5.80. The molecule has 0 heterocycles. The molecule has 21 heavy (non-hydrogen) atoms. The monoisotopic (exact) mass is 353 g/mol. The fourth-order valence-electron chi connectivity index (χ4n) is 2.43. The van der Waals surface area contributed by atoms with E-state index in [1.54, 1.807) is 18.2 Å². The van der Waals surface area contributed by atoms with Gasteiger partial charge in [0.25, 0.3) is 0 Å². The van der Waals surface area contributed by atoms with Crippen molar-refractivity contribution >= 4 is 15.9 Å². The fraction of sp³-hybridized carbons (Fsp3) is 0.294. The van der Waals surface area contributed by atoms with E-state index in [0.29, 0.717) is 17.3 Å². The molecule has 0 amide bonds. The van der Waals surface area contributed by atoms with Crippen molar-refractivity contribution in [2.24, 2.45) is 0 Å². The van der Waals surface area contributed by atoms with Gasteiger partial charge in [-0.25, -0.2) is 8.78 Å². The van der Waals surface area contributed by atoms with Gasteiger partial charge < -0.3 is 5.32 Å². The molecule has 0 bridgehead atoms. The van der Waals surface area contributed by atoms with Crippen molar-refractivity contribution in [3.05, 3.63) is 69.7 Å². The highest BCUT2D eigenvalue weighted by Crippen LogP contribution is 2.22. The zero-order valence-corrected chi connectivity index (χ0v) is 13.5. The minimum atomic E-state index is -0.256. The third kappa shape index (κ3) is 4.61. The molecule has 0 aliphatic carbocycles. The van der Waals surface area contributed by atoms with Gasteiger partial charge in [0.2, 0.25) is 0 Å². The van der Waals surface area contributed by atoms with Gasteiger partial charge in [0.05, 0.1) is 4.47 Å². The molecular weight excluding hydrogens is 336 g/mol. The molecule has 1 nitrogen and oxygen atoms in total. The molecule has 1 N–H and O–H groups in total. The summed E-state index contributed by atoms with van der Waals surface area (Å²) in [7, 11) is 0. The van der Waals surface area contributed by atoms with Crippen molar-refractivity contribution < 1.29 is 8.78 Å². The second kappa shape index (κ2) is 7.66. The van der Waals surface area contributed by atoms with Gasteiger partial charge in [-0.15, -0.1) is 0 Å². The Morgan fingerprint density at radius 3 is 2.57 bits per heavy atom. The van der Waals surface area contributed by atoms with Gasteiger partial charge in [0, 0.05) is 6.04 Å². The van der Waals surface area contributed by atoms with Crippen LogP contribution in [-0.2, 0) is 12.8 Å². The van der Waals surface area contributed by atoms with Crippen LogP contribution in [0.4, 0.5) is 8.78 Å². The number of benzene rings is 2. The van der Waals surface area contributed by atoms with Crippen molar-refractivity contribution in [2.75, 3.05) is 6.54 Å². The molecular formula is C17H18BrF2N. The maximum Gasteiger partial charge on any atom is 0.137 e. The summed E-state index contributed by atoms with van der Waals surface area (Å²) >= 11 is 3.29. The highest BCUT2D eigenvalue weighted by molar-refractivity contribution is 9.10. The first-order valence-electron chi connectivity index (χ1n) is 7.01. The van der Waals surface area contributed by atoms with E-state index >= 15 is 0 Å². The Morgan fingerprint density at radius 1 is 1.10 bits per heavy atom. The van der Waals surface area contributed by atoms with E-state index in [4.69, 9.17) is 0 Å². The average molecular weight is 354 g/mol. The zero-order chi connectivity index (χ0) is 15.2. The summed E-state index contributed by atoms with van der Waals surface area (Å²) in [6, 6.07) is 11.8. The van der Waals surface area contributed by atoms with Gasteiger partial charge in [0.1, 0.15) is 11.6 Å². The van der Waals surface area contributed by atoms with E-state index in [-0.39, 0.29) is 17.7 Å². The predicted molar refractivity (Wildman–Crippen MR) is 85.4 cm³/mol. The normalized spacial score (nSPS) is 12.4. The molecule has 0 spiro atoms. The van der Waals surface area contributed by atoms with Gasteiger partial charge in [-0.1, -0.05) is 31.2 Å². The highest BCUT2D eigenvalue weighted by atomic mass is 79.9. The van der Waals surface area contributed by atoms with E-state index in [9.17, 15) is 8.78 Å². The van der Waals surface area contributed by atoms with Crippen LogP contribution >= 0.6 is 15.9 Å². The van der Waals surface area contributed by atoms with Crippen molar-refractivity contribution in [3.8, 4) is 0 Å². The topological polar surface area (TPSA) is 12.0 Å².